The molecule has 0 aliphatic heterocycles. The highest BCUT2D eigenvalue weighted by Crippen LogP contribution is 2.15. The molecule has 0 unspecified atom stereocenters. The van der Waals surface area contributed by atoms with Crippen molar-refractivity contribution in [2.75, 3.05) is 13.7 Å². The molecule has 5 nitrogen and oxygen atoms in total. The van der Waals surface area contributed by atoms with Gasteiger partial charge < -0.3 is 10.5 Å². The van der Waals surface area contributed by atoms with Gasteiger partial charge in [0.15, 0.2) is 0 Å². The number of hydrogen-bond acceptors (Lipinski definition) is 4. The van der Waals surface area contributed by atoms with E-state index in [9.17, 15) is 0 Å². The molecule has 1 aromatic carbocycles. The third-order valence-electron chi connectivity index (χ3n) is 2.57. The van der Waals surface area contributed by atoms with Gasteiger partial charge in [0.1, 0.15) is 5.75 Å². The van der Waals surface area contributed by atoms with Crippen molar-refractivity contribution in [1.29, 1.82) is 0 Å². The zero-order valence-electron chi connectivity index (χ0n) is 9.84. The molecule has 0 radical (unpaired) electrons. The first-order valence-electron chi connectivity index (χ1n) is 5.59. The Bertz CT molecular complexity index is 464. The van der Waals surface area contributed by atoms with E-state index < -0.39 is 0 Å². The lowest BCUT2D eigenvalue weighted by atomic mass is 10.2. The summed E-state index contributed by atoms with van der Waals surface area (Å²) in [5.41, 5.74) is 7.56. The molecule has 2 N–H and O–H groups in total. The van der Waals surface area contributed by atoms with Crippen molar-refractivity contribution >= 4 is 0 Å². The summed E-state index contributed by atoms with van der Waals surface area (Å²) in [6, 6.07) is 7.73. The van der Waals surface area contributed by atoms with E-state index >= 15 is 0 Å². The van der Waals surface area contributed by atoms with Gasteiger partial charge in [-0.05, 0) is 43.7 Å². The minimum atomic E-state index is 0.674. The third kappa shape index (κ3) is 2.62. The van der Waals surface area contributed by atoms with Crippen LogP contribution in [0.25, 0.3) is 5.69 Å². The van der Waals surface area contributed by atoms with E-state index in [1.165, 1.54) is 0 Å². The molecule has 0 aliphatic carbocycles. The van der Waals surface area contributed by atoms with E-state index in [1.54, 1.807) is 13.3 Å². The van der Waals surface area contributed by atoms with Crippen LogP contribution in [-0.4, -0.2) is 28.6 Å². The van der Waals surface area contributed by atoms with Crippen LogP contribution in [0.15, 0.2) is 30.5 Å². The second-order valence-corrected chi connectivity index (χ2v) is 3.73. The fourth-order valence-electron chi connectivity index (χ4n) is 1.65. The third-order valence-corrected chi connectivity index (χ3v) is 2.57. The molecule has 0 amide bonds. The summed E-state index contributed by atoms with van der Waals surface area (Å²) in [6.45, 7) is 0.674. The van der Waals surface area contributed by atoms with Crippen LogP contribution in [0.1, 0.15) is 12.1 Å². The zero-order chi connectivity index (χ0) is 12.1. The van der Waals surface area contributed by atoms with E-state index in [2.05, 4.69) is 10.3 Å². The van der Waals surface area contributed by atoms with Crippen LogP contribution in [0.3, 0.4) is 0 Å². The van der Waals surface area contributed by atoms with E-state index in [-0.39, 0.29) is 0 Å². The highest BCUT2D eigenvalue weighted by atomic mass is 16.5. The van der Waals surface area contributed by atoms with Gasteiger partial charge >= 0.3 is 0 Å². The normalized spacial score (nSPS) is 10.5. The molecular formula is C12H16N4O. The fourth-order valence-corrected chi connectivity index (χ4v) is 1.65. The summed E-state index contributed by atoms with van der Waals surface area (Å²) in [6.07, 6.45) is 3.60. The van der Waals surface area contributed by atoms with E-state index in [4.69, 9.17) is 10.5 Å². The summed E-state index contributed by atoms with van der Waals surface area (Å²) in [5, 5.41) is 8.01. The summed E-state index contributed by atoms with van der Waals surface area (Å²) in [7, 11) is 1.65. The molecule has 0 bridgehead atoms. The van der Waals surface area contributed by atoms with Crippen molar-refractivity contribution in [3.63, 3.8) is 0 Å². The molecule has 0 aliphatic rings. The lowest BCUT2D eigenvalue weighted by Gasteiger charge is -2.06. The predicted octanol–water partition coefficient (Wildman–Crippen LogP) is 1.17. The highest BCUT2D eigenvalue weighted by molar-refractivity contribution is 5.37. The largest absolute Gasteiger partial charge is 0.497 e. The number of nitrogens with two attached hydrogens (primary N) is 1. The molecule has 1 aromatic heterocycles. The van der Waals surface area contributed by atoms with Crippen molar-refractivity contribution in [2.24, 2.45) is 5.73 Å². The van der Waals surface area contributed by atoms with E-state index in [0.717, 1.165) is 30.0 Å². The molecule has 0 atom stereocenters. The lowest BCUT2D eigenvalue weighted by Crippen LogP contribution is -2.06. The Hall–Kier alpha value is -1.88. The van der Waals surface area contributed by atoms with Gasteiger partial charge in [0.25, 0.3) is 0 Å². The van der Waals surface area contributed by atoms with Crippen LogP contribution in [0.2, 0.25) is 0 Å². The summed E-state index contributed by atoms with van der Waals surface area (Å²) in [4.78, 5) is 0. The standard InChI is InChI=1S/C12H16N4O/c1-17-12-6-4-10(5-7-12)16-11(3-2-8-13)9-14-15-16/h4-7,9H,2-3,8,13H2,1H3. The van der Waals surface area contributed by atoms with Crippen molar-refractivity contribution < 1.29 is 4.74 Å². The van der Waals surface area contributed by atoms with Crippen LogP contribution in [0.5, 0.6) is 5.75 Å². The van der Waals surface area contributed by atoms with Gasteiger partial charge in [0.05, 0.1) is 24.7 Å². The number of rotatable bonds is 5. The second kappa shape index (κ2) is 5.45. The van der Waals surface area contributed by atoms with Crippen LogP contribution in [-0.2, 0) is 6.42 Å². The molecule has 0 fully saturated rings. The van der Waals surface area contributed by atoms with Crippen LogP contribution < -0.4 is 10.5 Å². The molecular weight excluding hydrogens is 216 g/mol. The number of aryl methyl sites for hydroxylation is 1. The van der Waals surface area contributed by atoms with Gasteiger partial charge in [-0.25, -0.2) is 4.68 Å². The predicted molar refractivity (Wildman–Crippen MR) is 65.3 cm³/mol. The number of aromatic nitrogens is 3. The maximum atomic E-state index is 5.51. The molecule has 5 heteroatoms. The number of ether oxygens (including phenoxy) is 1. The van der Waals surface area contributed by atoms with Gasteiger partial charge in [-0.3, -0.25) is 0 Å². The van der Waals surface area contributed by atoms with E-state index in [1.807, 2.05) is 28.9 Å². The average Bonchev–Trinajstić information content (AvgIpc) is 2.84. The van der Waals surface area contributed by atoms with Gasteiger partial charge in [-0.15, -0.1) is 5.10 Å². The first-order valence-corrected chi connectivity index (χ1v) is 5.59. The first-order chi connectivity index (χ1) is 8.35. The molecule has 0 saturated heterocycles. The van der Waals surface area contributed by atoms with E-state index in [0.29, 0.717) is 6.54 Å². The zero-order valence-corrected chi connectivity index (χ0v) is 9.84. The molecule has 2 aromatic rings. The van der Waals surface area contributed by atoms with Gasteiger partial charge in [-0.2, -0.15) is 0 Å². The number of hydrogen-bond donors (Lipinski definition) is 1. The minimum absolute atomic E-state index is 0.674. The summed E-state index contributed by atoms with van der Waals surface area (Å²) >= 11 is 0. The molecule has 17 heavy (non-hydrogen) atoms. The Labute approximate surface area is 100 Å². The average molecular weight is 232 g/mol. The van der Waals surface area contributed by atoms with Crippen molar-refractivity contribution in [3.05, 3.63) is 36.2 Å². The Morgan fingerprint density at radius 2 is 2.06 bits per heavy atom. The monoisotopic (exact) mass is 232 g/mol. The van der Waals surface area contributed by atoms with Crippen molar-refractivity contribution in [2.45, 2.75) is 12.8 Å². The second-order valence-electron chi connectivity index (χ2n) is 3.73. The van der Waals surface area contributed by atoms with Crippen molar-refractivity contribution in [1.82, 2.24) is 15.0 Å². The maximum Gasteiger partial charge on any atom is 0.119 e. The Balaban J connectivity index is 2.23. The van der Waals surface area contributed by atoms with Gasteiger partial charge in [0.2, 0.25) is 0 Å². The molecule has 1 heterocycles. The van der Waals surface area contributed by atoms with Gasteiger partial charge in [-0.1, -0.05) is 5.21 Å². The molecule has 0 saturated carbocycles. The molecule has 2 rings (SSSR count). The van der Waals surface area contributed by atoms with Crippen LogP contribution >= 0.6 is 0 Å². The summed E-state index contributed by atoms with van der Waals surface area (Å²) in [5.74, 6) is 0.831. The first kappa shape index (κ1) is 11.6. The fraction of sp³-hybridized carbons (Fsp3) is 0.333. The van der Waals surface area contributed by atoms with Crippen molar-refractivity contribution in [3.8, 4) is 11.4 Å². The topological polar surface area (TPSA) is 66.0 Å². The quantitative estimate of drug-likeness (QED) is 0.840. The SMILES string of the molecule is COc1ccc(-n2nncc2CCCN)cc1. The minimum Gasteiger partial charge on any atom is -0.497 e. The Morgan fingerprint density at radius 3 is 2.71 bits per heavy atom. The van der Waals surface area contributed by atoms with Crippen LogP contribution in [0.4, 0.5) is 0 Å². The maximum absolute atomic E-state index is 5.51. The number of methoxy groups -OCH3 is 1. The smallest absolute Gasteiger partial charge is 0.119 e. The highest BCUT2D eigenvalue weighted by Gasteiger charge is 2.05. The Kier molecular flexibility index (Phi) is 3.72. The van der Waals surface area contributed by atoms with Crippen LogP contribution in [0, 0.1) is 0 Å². The molecule has 0 spiro atoms. The number of benzene rings is 1. The number of nitrogens with zero attached hydrogens (tertiary/aromatic N) is 3. The lowest BCUT2D eigenvalue weighted by molar-refractivity contribution is 0.414. The Morgan fingerprint density at radius 1 is 1.29 bits per heavy atom. The molecule has 90 valence electrons. The summed E-state index contributed by atoms with van der Waals surface area (Å²) < 4.78 is 6.95. The van der Waals surface area contributed by atoms with Gasteiger partial charge in [0, 0.05) is 0 Å².